The second kappa shape index (κ2) is 8.43. The lowest BCUT2D eigenvalue weighted by molar-refractivity contribution is 0.0827. The van der Waals surface area contributed by atoms with Gasteiger partial charge in [-0.1, -0.05) is 18.2 Å². The third-order valence-electron chi connectivity index (χ3n) is 5.14. The first-order valence-corrected chi connectivity index (χ1v) is 11.0. The van der Waals surface area contributed by atoms with E-state index in [1.54, 1.807) is 31.1 Å². The number of primary sulfonamides is 1. The maximum atomic E-state index is 12.1. The van der Waals surface area contributed by atoms with Gasteiger partial charge >= 0.3 is 0 Å². The van der Waals surface area contributed by atoms with Crippen LogP contribution in [-0.2, 0) is 22.9 Å². The molecule has 0 saturated heterocycles. The number of fused-ring (bicyclic) bond motifs is 1. The van der Waals surface area contributed by atoms with Crippen LogP contribution in [-0.4, -0.2) is 39.9 Å². The first-order valence-electron chi connectivity index (χ1n) is 9.45. The van der Waals surface area contributed by atoms with Crippen molar-refractivity contribution in [3.8, 4) is 0 Å². The monoisotopic (exact) mass is 401 g/mol. The molecule has 7 heteroatoms. The number of hydrogen-bond acceptors (Lipinski definition) is 4. The highest BCUT2D eigenvalue weighted by Crippen LogP contribution is 2.31. The molecule has 1 aliphatic rings. The van der Waals surface area contributed by atoms with Crippen LogP contribution in [0.25, 0.3) is 0 Å². The van der Waals surface area contributed by atoms with Crippen LogP contribution in [0, 0.1) is 0 Å². The molecule has 0 spiro atoms. The molecule has 6 nitrogen and oxygen atoms in total. The molecule has 150 valence electrons. The molecule has 0 aliphatic heterocycles. The predicted molar refractivity (Wildman–Crippen MR) is 110 cm³/mol. The summed E-state index contributed by atoms with van der Waals surface area (Å²) in [5.41, 5.74) is 3.97. The van der Waals surface area contributed by atoms with E-state index in [9.17, 15) is 13.2 Å². The second-order valence-electron chi connectivity index (χ2n) is 7.45. The molecule has 1 atom stereocenters. The van der Waals surface area contributed by atoms with E-state index >= 15 is 0 Å². The zero-order valence-corrected chi connectivity index (χ0v) is 17.1. The number of amides is 1. The number of carbonyl (C=O) groups excluding carboxylic acids is 1. The Balaban J connectivity index is 1.68. The van der Waals surface area contributed by atoms with E-state index in [4.69, 9.17) is 5.14 Å². The molecular weight excluding hydrogens is 374 g/mol. The Kier molecular flexibility index (Phi) is 6.17. The first kappa shape index (κ1) is 20.5. The second-order valence-corrected chi connectivity index (χ2v) is 9.02. The largest absolute Gasteiger partial charge is 0.345 e. The van der Waals surface area contributed by atoms with Crippen LogP contribution >= 0.6 is 0 Å². The van der Waals surface area contributed by atoms with Crippen molar-refractivity contribution in [3.63, 3.8) is 0 Å². The van der Waals surface area contributed by atoms with Gasteiger partial charge in [0.25, 0.3) is 5.91 Å². The smallest absolute Gasteiger partial charge is 0.253 e. The Morgan fingerprint density at radius 2 is 2.00 bits per heavy atom. The summed E-state index contributed by atoms with van der Waals surface area (Å²) < 4.78 is 23.4. The van der Waals surface area contributed by atoms with Crippen LogP contribution in [0.15, 0.2) is 47.4 Å². The number of rotatable bonds is 6. The van der Waals surface area contributed by atoms with Gasteiger partial charge in [-0.2, -0.15) is 0 Å². The highest BCUT2D eigenvalue weighted by molar-refractivity contribution is 7.89. The number of nitrogens with one attached hydrogen (secondary N) is 1. The number of aryl methyl sites for hydroxylation is 1. The Morgan fingerprint density at radius 1 is 1.21 bits per heavy atom. The van der Waals surface area contributed by atoms with Crippen molar-refractivity contribution in [2.24, 2.45) is 5.14 Å². The number of nitrogens with zero attached hydrogens (tertiary/aromatic N) is 1. The van der Waals surface area contributed by atoms with Gasteiger partial charge in [-0.15, -0.1) is 0 Å². The fraction of sp³-hybridized carbons (Fsp3) is 0.381. The number of nitrogens with two attached hydrogens (primary N) is 1. The van der Waals surface area contributed by atoms with Crippen LogP contribution in [0.4, 0.5) is 0 Å². The van der Waals surface area contributed by atoms with E-state index in [0.717, 1.165) is 43.4 Å². The molecule has 0 fully saturated rings. The zero-order chi connectivity index (χ0) is 20.3. The third kappa shape index (κ3) is 4.79. The molecule has 1 aliphatic carbocycles. The molecule has 28 heavy (non-hydrogen) atoms. The fourth-order valence-electron chi connectivity index (χ4n) is 3.68. The van der Waals surface area contributed by atoms with Gasteiger partial charge in [-0.25, -0.2) is 13.6 Å². The van der Waals surface area contributed by atoms with Crippen molar-refractivity contribution in [2.75, 3.05) is 20.6 Å². The SMILES string of the molecule is CN(C)C(=O)c1cccc(CCNC2CCCc3ccc(S(N)(=O)=O)cc32)c1. The lowest BCUT2D eigenvalue weighted by Gasteiger charge is -2.27. The summed E-state index contributed by atoms with van der Waals surface area (Å²) in [5, 5.41) is 8.84. The summed E-state index contributed by atoms with van der Waals surface area (Å²) in [6, 6.07) is 12.9. The van der Waals surface area contributed by atoms with Crippen LogP contribution in [0.1, 0.15) is 45.9 Å². The van der Waals surface area contributed by atoms with Gasteiger partial charge in [0.1, 0.15) is 0 Å². The summed E-state index contributed by atoms with van der Waals surface area (Å²) in [6.45, 7) is 0.739. The molecule has 0 heterocycles. The van der Waals surface area contributed by atoms with Gasteiger partial charge in [-0.05, 0) is 73.2 Å². The van der Waals surface area contributed by atoms with Crippen molar-refractivity contribution in [2.45, 2.75) is 36.6 Å². The van der Waals surface area contributed by atoms with Crippen molar-refractivity contribution in [1.82, 2.24) is 10.2 Å². The Hall–Kier alpha value is -2.22. The highest BCUT2D eigenvalue weighted by Gasteiger charge is 2.22. The van der Waals surface area contributed by atoms with Gasteiger partial charge in [0.2, 0.25) is 10.0 Å². The highest BCUT2D eigenvalue weighted by atomic mass is 32.2. The molecule has 2 aromatic carbocycles. The minimum atomic E-state index is -3.71. The number of hydrogen-bond donors (Lipinski definition) is 2. The van der Waals surface area contributed by atoms with Gasteiger partial charge in [-0.3, -0.25) is 4.79 Å². The Morgan fingerprint density at radius 3 is 2.71 bits per heavy atom. The predicted octanol–water partition coefficient (Wildman–Crippen LogP) is 2.25. The average Bonchev–Trinajstić information content (AvgIpc) is 2.66. The molecule has 0 aromatic heterocycles. The van der Waals surface area contributed by atoms with E-state index < -0.39 is 10.0 Å². The van der Waals surface area contributed by atoms with Crippen molar-refractivity contribution >= 4 is 15.9 Å². The van der Waals surface area contributed by atoms with E-state index in [1.165, 1.54) is 5.56 Å². The summed E-state index contributed by atoms with van der Waals surface area (Å²) in [4.78, 5) is 13.8. The van der Waals surface area contributed by atoms with Crippen molar-refractivity contribution in [3.05, 3.63) is 64.7 Å². The Labute approximate surface area is 166 Å². The minimum Gasteiger partial charge on any atom is -0.345 e. The molecule has 1 unspecified atom stereocenters. The third-order valence-corrected chi connectivity index (χ3v) is 6.06. The minimum absolute atomic E-state index is 0.00783. The van der Waals surface area contributed by atoms with Gasteiger partial charge in [0.15, 0.2) is 0 Å². The summed E-state index contributed by atoms with van der Waals surface area (Å²) in [5.74, 6) is -0.00783. The van der Waals surface area contributed by atoms with Crippen LogP contribution in [0.3, 0.4) is 0 Å². The molecule has 0 bridgehead atoms. The normalized spacial score (nSPS) is 16.5. The molecular formula is C21H27N3O3S. The van der Waals surface area contributed by atoms with Gasteiger partial charge in [0.05, 0.1) is 4.90 Å². The van der Waals surface area contributed by atoms with Gasteiger partial charge < -0.3 is 10.2 Å². The summed E-state index contributed by atoms with van der Waals surface area (Å²) in [7, 11) is -0.221. The van der Waals surface area contributed by atoms with Crippen molar-refractivity contribution < 1.29 is 13.2 Å². The van der Waals surface area contributed by atoms with Crippen LogP contribution in [0.2, 0.25) is 0 Å². The Bertz CT molecular complexity index is 971. The number of benzene rings is 2. The average molecular weight is 402 g/mol. The van der Waals surface area contributed by atoms with Gasteiger partial charge in [0, 0.05) is 25.7 Å². The molecule has 2 aromatic rings. The van der Waals surface area contributed by atoms with E-state index in [2.05, 4.69) is 5.32 Å². The molecule has 0 radical (unpaired) electrons. The van der Waals surface area contributed by atoms with Crippen LogP contribution < -0.4 is 10.5 Å². The van der Waals surface area contributed by atoms with E-state index in [-0.39, 0.29) is 16.8 Å². The standard InChI is InChI=1S/C21H27N3O3S/c1-24(2)21(25)17-7-3-5-15(13-17)11-12-23-20-8-4-6-16-9-10-18(14-19(16)20)28(22,26)27/h3,5,7,9-10,13-14,20,23H,4,6,8,11-12H2,1-2H3,(H2,22,26,27). The number of sulfonamides is 1. The topological polar surface area (TPSA) is 92.5 Å². The van der Waals surface area contributed by atoms with Crippen molar-refractivity contribution in [1.29, 1.82) is 0 Å². The molecule has 0 saturated carbocycles. The first-order chi connectivity index (χ1) is 13.3. The summed E-state index contributed by atoms with van der Waals surface area (Å²) >= 11 is 0. The molecule has 3 rings (SSSR count). The van der Waals surface area contributed by atoms with Crippen LogP contribution in [0.5, 0.6) is 0 Å². The maximum Gasteiger partial charge on any atom is 0.253 e. The van der Waals surface area contributed by atoms with E-state index in [1.807, 2.05) is 30.3 Å². The molecule has 3 N–H and O–H groups in total. The molecule has 1 amide bonds. The lowest BCUT2D eigenvalue weighted by Crippen LogP contribution is -2.27. The number of carbonyl (C=O) groups is 1. The zero-order valence-electron chi connectivity index (χ0n) is 16.3. The maximum absolute atomic E-state index is 12.1. The quantitative estimate of drug-likeness (QED) is 0.776. The van der Waals surface area contributed by atoms with E-state index in [0.29, 0.717) is 5.56 Å². The summed E-state index contributed by atoms with van der Waals surface area (Å²) in [6.07, 6.45) is 3.76. The fourth-order valence-corrected chi connectivity index (χ4v) is 4.22. The lowest BCUT2D eigenvalue weighted by atomic mass is 9.87.